The maximum absolute atomic E-state index is 11.8. The summed E-state index contributed by atoms with van der Waals surface area (Å²) in [6.45, 7) is 0. The third kappa shape index (κ3) is 2.67. The van der Waals surface area contributed by atoms with Crippen LogP contribution in [0.4, 0.5) is 0 Å². The van der Waals surface area contributed by atoms with Gasteiger partial charge >= 0.3 is 0 Å². The van der Waals surface area contributed by atoms with E-state index in [1.165, 1.54) is 11.8 Å². The smallest absolute Gasteiger partial charge is 0.254 e. The number of benzene rings is 1. The minimum absolute atomic E-state index is 0.0867. The van der Waals surface area contributed by atoms with Gasteiger partial charge < -0.3 is 5.32 Å². The van der Waals surface area contributed by atoms with Gasteiger partial charge in [0.1, 0.15) is 0 Å². The Morgan fingerprint density at radius 2 is 2.10 bits per heavy atom. The molecule has 1 fully saturated rings. The number of hydrogen-bond acceptors (Lipinski definition) is 2. The molecule has 1 aromatic heterocycles. The number of carbonyl (C=O) groups excluding carboxylic acids is 1. The molecule has 1 saturated carbocycles. The number of nitrogens with zero attached hydrogens (tertiary/aromatic N) is 1. The van der Waals surface area contributed by atoms with Crippen LogP contribution in [-0.4, -0.2) is 22.1 Å². The van der Waals surface area contributed by atoms with E-state index in [0.29, 0.717) is 21.5 Å². The van der Waals surface area contributed by atoms with Crippen molar-refractivity contribution in [3.8, 4) is 0 Å². The Labute approximate surface area is 126 Å². The molecule has 2 aromatic rings. The summed E-state index contributed by atoms with van der Waals surface area (Å²) in [5, 5.41) is 10.5. The highest BCUT2D eigenvalue weighted by atomic mass is 35.5. The quantitative estimate of drug-likeness (QED) is 0.913. The van der Waals surface area contributed by atoms with E-state index in [1.807, 2.05) is 18.2 Å². The van der Waals surface area contributed by atoms with Gasteiger partial charge in [-0.05, 0) is 36.5 Å². The molecule has 4 nitrogen and oxygen atoms in total. The monoisotopic (exact) mass is 309 g/mol. The second-order valence-corrected chi connectivity index (χ2v) is 5.81. The van der Waals surface area contributed by atoms with Gasteiger partial charge in [0.15, 0.2) is 0 Å². The van der Waals surface area contributed by atoms with Gasteiger partial charge in [0.25, 0.3) is 5.91 Å². The molecule has 20 heavy (non-hydrogen) atoms. The van der Waals surface area contributed by atoms with Gasteiger partial charge in [-0.15, -0.1) is 0 Å². The lowest BCUT2D eigenvalue weighted by Gasteiger charge is -2.36. The standard InChI is InChI=1S/C14H13Cl2N3O/c15-12-2-1-8(5-13(12)16)9-3-11(4-9)19-14(20)10-6-17-18-7-10/h1-2,5-7,9,11H,3-4H2,(H,17,18)(H,19,20). The van der Waals surface area contributed by atoms with E-state index in [4.69, 9.17) is 23.2 Å². The maximum atomic E-state index is 11.8. The summed E-state index contributed by atoms with van der Waals surface area (Å²) in [6.07, 6.45) is 4.94. The van der Waals surface area contributed by atoms with Crippen LogP contribution in [-0.2, 0) is 0 Å². The number of rotatable bonds is 3. The first-order chi connectivity index (χ1) is 9.63. The third-order valence-corrected chi connectivity index (χ3v) is 4.39. The molecule has 1 aliphatic carbocycles. The minimum atomic E-state index is -0.0867. The fraction of sp³-hybridized carbons (Fsp3) is 0.286. The predicted octanol–water partition coefficient (Wildman–Crippen LogP) is 3.39. The van der Waals surface area contributed by atoms with Crippen LogP contribution in [0.1, 0.15) is 34.7 Å². The number of halogens is 2. The molecular formula is C14H13Cl2N3O. The fourth-order valence-electron chi connectivity index (χ4n) is 2.42. The van der Waals surface area contributed by atoms with Crippen molar-refractivity contribution in [3.63, 3.8) is 0 Å². The molecule has 2 N–H and O–H groups in total. The van der Waals surface area contributed by atoms with E-state index in [0.717, 1.165) is 12.8 Å². The van der Waals surface area contributed by atoms with Crippen molar-refractivity contribution in [2.45, 2.75) is 24.8 Å². The number of H-pyrrole nitrogens is 1. The summed E-state index contributed by atoms with van der Waals surface area (Å²) in [5.41, 5.74) is 1.73. The van der Waals surface area contributed by atoms with Crippen LogP contribution < -0.4 is 5.32 Å². The van der Waals surface area contributed by atoms with E-state index in [9.17, 15) is 4.79 Å². The Bertz CT molecular complexity index is 621. The van der Waals surface area contributed by atoms with Gasteiger partial charge in [0.05, 0.1) is 21.8 Å². The molecule has 3 rings (SSSR count). The molecular weight excluding hydrogens is 297 g/mol. The number of nitrogens with one attached hydrogen (secondary N) is 2. The lowest BCUT2D eigenvalue weighted by Crippen LogP contribution is -2.43. The van der Waals surface area contributed by atoms with Crippen molar-refractivity contribution in [3.05, 3.63) is 51.8 Å². The summed E-state index contributed by atoms with van der Waals surface area (Å²) >= 11 is 11.9. The van der Waals surface area contributed by atoms with Crippen LogP contribution in [0.15, 0.2) is 30.6 Å². The van der Waals surface area contributed by atoms with E-state index in [-0.39, 0.29) is 11.9 Å². The zero-order chi connectivity index (χ0) is 14.1. The molecule has 104 valence electrons. The van der Waals surface area contributed by atoms with Crippen LogP contribution in [0.5, 0.6) is 0 Å². The number of hydrogen-bond donors (Lipinski definition) is 2. The minimum Gasteiger partial charge on any atom is -0.349 e. The summed E-state index contributed by atoms with van der Waals surface area (Å²) in [4.78, 5) is 11.8. The van der Waals surface area contributed by atoms with Crippen LogP contribution in [0.3, 0.4) is 0 Å². The number of amides is 1. The molecule has 1 aromatic carbocycles. The Morgan fingerprint density at radius 1 is 1.30 bits per heavy atom. The molecule has 0 aliphatic heterocycles. The van der Waals surface area contributed by atoms with Crippen molar-refractivity contribution in [2.75, 3.05) is 0 Å². The van der Waals surface area contributed by atoms with E-state index >= 15 is 0 Å². The second kappa shape index (κ2) is 5.46. The number of aromatic amines is 1. The molecule has 0 saturated heterocycles. The molecule has 0 spiro atoms. The van der Waals surface area contributed by atoms with Crippen LogP contribution in [0, 0.1) is 0 Å². The normalized spacial score (nSPS) is 21.3. The molecule has 1 amide bonds. The average molecular weight is 310 g/mol. The number of aromatic nitrogens is 2. The average Bonchev–Trinajstić information content (AvgIpc) is 2.90. The van der Waals surface area contributed by atoms with Crippen LogP contribution >= 0.6 is 23.2 Å². The van der Waals surface area contributed by atoms with Crippen molar-refractivity contribution in [1.82, 2.24) is 15.5 Å². The molecule has 0 bridgehead atoms. The van der Waals surface area contributed by atoms with Gasteiger partial charge in [-0.25, -0.2) is 0 Å². The first-order valence-corrected chi connectivity index (χ1v) is 7.13. The van der Waals surface area contributed by atoms with Crippen LogP contribution in [0.25, 0.3) is 0 Å². The Balaban J connectivity index is 1.56. The molecule has 1 aliphatic rings. The lowest BCUT2D eigenvalue weighted by atomic mass is 9.76. The first kappa shape index (κ1) is 13.5. The van der Waals surface area contributed by atoms with Crippen molar-refractivity contribution >= 4 is 29.1 Å². The number of carbonyl (C=O) groups is 1. The van der Waals surface area contributed by atoms with Crippen molar-refractivity contribution < 1.29 is 4.79 Å². The van der Waals surface area contributed by atoms with E-state index in [1.54, 1.807) is 6.20 Å². The summed E-state index contributed by atoms with van der Waals surface area (Å²) in [5.74, 6) is 0.343. The van der Waals surface area contributed by atoms with Crippen molar-refractivity contribution in [1.29, 1.82) is 0 Å². The SMILES string of the molecule is O=C(NC1CC(c2ccc(Cl)c(Cl)c2)C1)c1cn[nH]c1. The van der Waals surface area contributed by atoms with E-state index < -0.39 is 0 Å². The largest absolute Gasteiger partial charge is 0.349 e. The highest BCUT2D eigenvalue weighted by Crippen LogP contribution is 2.38. The van der Waals surface area contributed by atoms with Gasteiger partial charge in [-0.1, -0.05) is 29.3 Å². The Kier molecular flexibility index (Phi) is 3.68. The molecule has 1 heterocycles. The predicted molar refractivity (Wildman–Crippen MR) is 78.3 cm³/mol. The summed E-state index contributed by atoms with van der Waals surface area (Å²) < 4.78 is 0. The summed E-state index contributed by atoms with van der Waals surface area (Å²) in [7, 11) is 0. The van der Waals surface area contributed by atoms with Gasteiger partial charge in [-0.2, -0.15) is 5.10 Å². The van der Waals surface area contributed by atoms with E-state index in [2.05, 4.69) is 15.5 Å². The Hall–Kier alpha value is -1.52. The van der Waals surface area contributed by atoms with Gasteiger partial charge in [0.2, 0.25) is 0 Å². The molecule has 0 atom stereocenters. The Morgan fingerprint density at radius 3 is 2.75 bits per heavy atom. The molecule has 0 radical (unpaired) electrons. The second-order valence-electron chi connectivity index (χ2n) is 5.00. The highest BCUT2D eigenvalue weighted by Gasteiger charge is 2.31. The van der Waals surface area contributed by atoms with Crippen LogP contribution in [0.2, 0.25) is 10.0 Å². The topological polar surface area (TPSA) is 57.8 Å². The first-order valence-electron chi connectivity index (χ1n) is 6.38. The lowest BCUT2D eigenvalue weighted by molar-refractivity contribution is 0.0909. The maximum Gasteiger partial charge on any atom is 0.254 e. The zero-order valence-electron chi connectivity index (χ0n) is 10.6. The van der Waals surface area contributed by atoms with Gasteiger partial charge in [-0.3, -0.25) is 9.89 Å². The highest BCUT2D eigenvalue weighted by molar-refractivity contribution is 6.42. The summed E-state index contributed by atoms with van der Waals surface area (Å²) in [6, 6.07) is 5.92. The molecule has 0 unspecified atom stereocenters. The van der Waals surface area contributed by atoms with Gasteiger partial charge in [0, 0.05) is 12.2 Å². The third-order valence-electron chi connectivity index (χ3n) is 3.65. The zero-order valence-corrected chi connectivity index (χ0v) is 12.1. The fourth-order valence-corrected chi connectivity index (χ4v) is 2.72. The van der Waals surface area contributed by atoms with Crippen molar-refractivity contribution in [2.24, 2.45) is 0 Å². The molecule has 6 heteroatoms.